The Morgan fingerprint density at radius 1 is 1.11 bits per heavy atom. The van der Waals surface area contributed by atoms with Crippen molar-refractivity contribution in [3.05, 3.63) is 100 Å². The lowest BCUT2D eigenvalue weighted by Crippen LogP contribution is -2.42. The van der Waals surface area contributed by atoms with Crippen LogP contribution in [0.2, 0.25) is 18.6 Å². The first kappa shape index (κ1) is 29.9. The van der Waals surface area contributed by atoms with Gasteiger partial charge in [0.15, 0.2) is 5.60 Å². The third-order valence-electron chi connectivity index (χ3n) is 8.95. The number of halogens is 1. The number of ether oxygens (including phenoxy) is 1. The van der Waals surface area contributed by atoms with Gasteiger partial charge in [-0.2, -0.15) is 9.78 Å². The second-order valence-corrected chi connectivity index (χ2v) is 15.9. The normalized spacial score (nSPS) is 22.8. The molecule has 0 bridgehead atoms. The standard InChI is InChI=1S/C33H35FN4O5Si/c1-21-30(44(2,3)34)28(18-29(40)37(15-16-39)20-22-9-5-4-6-10-22)43-33(21)26-17-24(13-14-27(26)36-32(33)42)38-31(41)25-12-8-7-11-23(25)19-35-38/h4-14,17,19,21,28,30,39H,15-16,18,20H2,1-3H3,(H,36,42)/t21-,28+,30-,33+/m1/s1. The number of carbonyl (C=O) groups is 2. The molecule has 4 atom stereocenters. The van der Waals surface area contributed by atoms with Gasteiger partial charge >= 0.3 is 0 Å². The molecule has 1 saturated heterocycles. The predicted octanol–water partition coefficient (Wildman–Crippen LogP) is 4.52. The minimum atomic E-state index is -3.50. The van der Waals surface area contributed by atoms with Crippen molar-refractivity contribution < 1.29 is 23.5 Å². The average molecular weight is 615 g/mol. The summed E-state index contributed by atoms with van der Waals surface area (Å²) in [6, 6.07) is 21.7. The van der Waals surface area contributed by atoms with Crippen LogP contribution in [0.15, 0.2) is 83.8 Å². The number of amides is 2. The summed E-state index contributed by atoms with van der Waals surface area (Å²) in [5.74, 6) is -1.32. The van der Waals surface area contributed by atoms with Gasteiger partial charge in [0.05, 0.1) is 36.4 Å². The van der Waals surface area contributed by atoms with E-state index in [9.17, 15) is 19.5 Å². The number of aliphatic hydroxyl groups excluding tert-OH is 1. The lowest BCUT2D eigenvalue weighted by Gasteiger charge is -2.31. The summed E-state index contributed by atoms with van der Waals surface area (Å²) in [6.07, 6.45) is 0.598. The van der Waals surface area contributed by atoms with Crippen molar-refractivity contribution in [3.63, 3.8) is 0 Å². The van der Waals surface area contributed by atoms with Crippen LogP contribution in [0.4, 0.5) is 9.80 Å². The highest BCUT2D eigenvalue weighted by Gasteiger charge is 2.65. The number of anilines is 1. The van der Waals surface area contributed by atoms with Crippen molar-refractivity contribution in [3.8, 4) is 5.69 Å². The molecule has 2 aliphatic heterocycles. The van der Waals surface area contributed by atoms with Gasteiger partial charge in [0, 0.05) is 41.2 Å². The minimum Gasteiger partial charge on any atom is -0.395 e. The Kier molecular flexibility index (Phi) is 7.72. The Morgan fingerprint density at radius 2 is 1.84 bits per heavy atom. The molecule has 0 saturated carbocycles. The Hall–Kier alpha value is -4.19. The van der Waals surface area contributed by atoms with Crippen molar-refractivity contribution in [2.75, 3.05) is 18.5 Å². The molecule has 2 amide bonds. The molecule has 1 aromatic heterocycles. The van der Waals surface area contributed by atoms with Crippen LogP contribution >= 0.6 is 0 Å². The molecule has 228 valence electrons. The van der Waals surface area contributed by atoms with Crippen LogP contribution in [-0.2, 0) is 26.5 Å². The number of benzene rings is 3. The number of aliphatic hydroxyl groups is 1. The summed E-state index contributed by atoms with van der Waals surface area (Å²) < 4.78 is 24.0. The van der Waals surface area contributed by atoms with Crippen molar-refractivity contribution in [2.24, 2.45) is 5.92 Å². The van der Waals surface area contributed by atoms with E-state index in [1.807, 2.05) is 42.5 Å². The maximum absolute atomic E-state index is 16.1. The monoisotopic (exact) mass is 614 g/mol. The van der Waals surface area contributed by atoms with Crippen LogP contribution in [-0.4, -0.2) is 59.3 Å². The number of hydrogen-bond donors (Lipinski definition) is 2. The van der Waals surface area contributed by atoms with Gasteiger partial charge < -0.3 is 24.2 Å². The van der Waals surface area contributed by atoms with E-state index in [2.05, 4.69) is 10.4 Å². The first-order valence-electron chi connectivity index (χ1n) is 14.8. The zero-order chi connectivity index (χ0) is 31.2. The molecular weight excluding hydrogens is 579 g/mol. The van der Waals surface area contributed by atoms with Gasteiger partial charge in [0.1, 0.15) is 0 Å². The Bertz CT molecular complexity index is 1790. The van der Waals surface area contributed by atoms with E-state index in [-0.39, 0.29) is 37.6 Å². The first-order valence-corrected chi connectivity index (χ1v) is 17.7. The lowest BCUT2D eigenvalue weighted by molar-refractivity contribution is -0.148. The average Bonchev–Trinajstić information content (AvgIpc) is 3.45. The zero-order valence-electron chi connectivity index (χ0n) is 24.9. The predicted molar refractivity (Wildman–Crippen MR) is 168 cm³/mol. The largest absolute Gasteiger partial charge is 0.395 e. The molecule has 3 aromatic carbocycles. The van der Waals surface area contributed by atoms with E-state index in [1.165, 1.54) is 9.58 Å². The first-order chi connectivity index (χ1) is 21.0. The second kappa shape index (κ2) is 11.4. The summed E-state index contributed by atoms with van der Waals surface area (Å²) in [7, 11) is -3.50. The fourth-order valence-corrected chi connectivity index (χ4v) is 9.47. The van der Waals surface area contributed by atoms with E-state index in [4.69, 9.17) is 4.74 Å². The second-order valence-electron chi connectivity index (χ2n) is 12.1. The Morgan fingerprint density at radius 3 is 2.57 bits per heavy atom. The van der Waals surface area contributed by atoms with Gasteiger partial charge in [-0.25, -0.2) is 0 Å². The highest BCUT2D eigenvalue weighted by Crippen LogP contribution is 2.59. The van der Waals surface area contributed by atoms with Crippen molar-refractivity contribution in [1.82, 2.24) is 14.7 Å². The smallest absolute Gasteiger partial charge is 0.279 e. The topological polar surface area (TPSA) is 114 Å². The van der Waals surface area contributed by atoms with Gasteiger partial charge in [-0.05, 0) is 42.9 Å². The molecule has 9 nitrogen and oxygen atoms in total. The van der Waals surface area contributed by atoms with Crippen LogP contribution in [0.3, 0.4) is 0 Å². The number of carbonyl (C=O) groups excluding carboxylic acids is 2. The highest BCUT2D eigenvalue weighted by atomic mass is 28.4. The molecule has 1 spiro atoms. The number of rotatable bonds is 8. The molecule has 3 heterocycles. The summed E-state index contributed by atoms with van der Waals surface area (Å²) in [6.45, 7) is 5.13. The molecular formula is C33H35FN4O5Si. The Labute approximate surface area is 255 Å². The van der Waals surface area contributed by atoms with E-state index in [0.717, 1.165) is 5.56 Å². The third-order valence-corrected chi connectivity index (χ3v) is 11.4. The molecule has 4 aromatic rings. The van der Waals surface area contributed by atoms with Crippen molar-refractivity contribution in [2.45, 2.75) is 50.2 Å². The summed E-state index contributed by atoms with van der Waals surface area (Å²) in [5.41, 5.74) is -0.206. The van der Waals surface area contributed by atoms with Gasteiger partial charge in [-0.15, -0.1) is 0 Å². The van der Waals surface area contributed by atoms with Crippen molar-refractivity contribution in [1.29, 1.82) is 0 Å². The molecule has 0 radical (unpaired) electrons. The SMILES string of the molecule is C[C@@H]1[C@@H]([Si](C)(C)F)[C@H](CC(=O)N(CCO)Cc2ccccc2)O[C@@]12C(=O)Nc1ccc(-n3ncc4ccccc4c3=O)cc12. The summed E-state index contributed by atoms with van der Waals surface area (Å²) in [4.78, 5) is 42.3. The van der Waals surface area contributed by atoms with Crippen LogP contribution in [0, 0.1) is 5.92 Å². The molecule has 2 aliphatic rings. The number of nitrogens with zero attached hydrogens (tertiary/aromatic N) is 3. The highest BCUT2D eigenvalue weighted by molar-refractivity contribution is 6.72. The molecule has 11 heteroatoms. The van der Waals surface area contributed by atoms with Gasteiger partial charge in [0.2, 0.25) is 14.3 Å². The quantitative estimate of drug-likeness (QED) is 0.223. The summed E-state index contributed by atoms with van der Waals surface area (Å²) in [5, 5.41) is 18.2. The molecule has 6 rings (SSSR count). The maximum Gasteiger partial charge on any atom is 0.279 e. The fraction of sp³-hybridized carbons (Fsp3) is 0.333. The van der Waals surface area contributed by atoms with E-state index in [0.29, 0.717) is 27.7 Å². The number of aromatic nitrogens is 2. The van der Waals surface area contributed by atoms with Crippen LogP contribution in [0.5, 0.6) is 0 Å². The van der Waals surface area contributed by atoms with Crippen LogP contribution < -0.4 is 10.9 Å². The van der Waals surface area contributed by atoms with E-state index < -0.39 is 37.5 Å². The number of nitrogens with one attached hydrogen (secondary N) is 1. The number of fused-ring (bicyclic) bond motifs is 3. The van der Waals surface area contributed by atoms with Crippen LogP contribution in [0.25, 0.3) is 16.5 Å². The molecule has 0 unspecified atom stereocenters. The van der Waals surface area contributed by atoms with Gasteiger partial charge in [-0.3, -0.25) is 14.4 Å². The van der Waals surface area contributed by atoms with E-state index in [1.54, 1.807) is 56.5 Å². The third kappa shape index (κ3) is 5.04. The zero-order valence-corrected chi connectivity index (χ0v) is 25.9. The molecule has 44 heavy (non-hydrogen) atoms. The maximum atomic E-state index is 16.1. The van der Waals surface area contributed by atoms with Gasteiger partial charge in [-0.1, -0.05) is 55.5 Å². The van der Waals surface area contributed by atoms with Gasteiger partial charge in [0.25, 0.3) is 11.5 Å². The lowest BCUT2D eigenvalue weighted by atomic mass is 9.82. The van der Waals surface area contributed by atoms with Crippen molar-refractivity contribution >= 4 is 36.7 Å². The molecule has 2 N–H and O–H groups in total. The van der Waals surface area contributed by atoms with E-state index >= 15 is 4.11 Å². The molecule has 1 fully saturated rings. The van der Waals surface area contributed by atoms with Crippen LogP contribution in [0.1, 0.15) is 24.5 Å². The Balaban J connectivity index is 1.37. The summed E-state index contributed by atoms with van der Waals surface area (Å²) >= 11 is 0. The molecule has 0 aliphatic carbocycles. The minimum absolute atomic E-state index is 0.114. The number of hydrogen-bond acceptors (Lipinski definition) is 6. The fourth-order valence-electron chi connectivity index (χ4n) is 6.98.